The zero-order valence-corrected chi connectivity index (χ0v) is 9.92. The fourth-order valence-electron chi connectivity index (χ4n) is 1.52. The smallest absolute Gasteiger partial charge is 0.270 e. The summed E-state index contributed by atoms with van der Waals surface area (Å²) in [6.45, 7) is 1.21. The lowest BCUT2D eigenvalue weighted by Gasteiger charge is -2.38. The van der Waals surface area contributed by atoms with Gasteiger partial charge in [0, 0.05) is 28.8 Å². The molecule has 5 nitrogen and oxygen atoms in total. The summed E-state index contributed by atoms with van der Waals surface area (Å²) in [6.07, 6.45) is -0.268. The van der Waals surface area contributed by atoms with E-state index in [1.807, 2.05) is 4.90 Å². The van der Waals surface area contributed by atoms with E-state index in [9.17, 15) is 10.1 Å². The van der Waals surface area contributed by atoms with Crippen molar-refractivity contribution in [2.75, 3.05) is 18.0 Å². The number of benzene rings is 1. The molecule has 2 rings (SSSR count). The predicted molar refractivity (Wildman–Crippen MR) is 64.0 cm³/mol. The molecule has 0 aliphatic carbocycles. The number of nitro benzene ring substituents is 1. The Morgan fingerprint density at radius 3 is 2.67 bits per heavy atom. The van der Waals surface area contributed by atoms with E-state index in [0.717, 1.165) is 9.26 Å². The van der Waals surface area contributed by atoms with Gasteiger partial charge in [-0.05, 0) is 28.7 Å². The first kappa shape index (κ1) is 10.6. The normalized spacial score (nSPS) is 16.3. The van der Waals surface area contributed by atoms with Crippen molar-refractivity contribution < 1.29 is 10.0 Å². The summed E-state index contributed by atoms with van der Waals surface area (Å²) in [5, 5.41) is 19.7. The predicted octanol–water partition coefficient (Wildman–Crippen LogP) is 1.38. The number of nitro groups is 1. The van der Waals surface area contributed by atoms with Gasteiger partial charge >= 0.3 is 0 Å². The summed E-state index contributed by atoms with van der Waals surface area (Å²) in [5.41, 5.74) is 1.05. The lowest BCUT2D eigenvalue weighted by atomic mass is 10.1. The zero-order chi connectivity index (χ0) is 11.0. The van der Waals surface area contributed by atoms with Crippen molar-refractivity contribution in [1.82, 2.24) is 0 Å². The SMILES string of the molecule is O=[N+]([O-])c1ccc(N2CC(O)C2)c(I)c1. The van der Waals surface area contributed by atoms with Gasteiger partial charge in [-0.1, -0.05) is 0 Å². The second-order valence-corrected chi connectivity index (χ2v) is 4.61. The third-order valence-electron chi connectivity index (χ3n) is 2.35. The highest BCUT2D eigenvalue weighted by atomic mass is 127. The Labute approximate surface area is 100.0 Å². The highest BCUT2D eigenvalue weighted by molar-refractivity contribution is 14.1. The Morgan fingerprint density at radius 1 is 1.53 bits per heavy atom. The van der Waals surface area contributed by atoms with E-state index >= 15 is 0 Å². The average molecular weight is 320 g/mol. The molecule has 0 aromatic heterocycles. The molecule has 1 heterocycles. The van der Waals surface area contributed by atoms with Gasteiger partial charge in [0.2, 0.25) is 0 Å². The monoisotopic (exact) mass is 320 g/mol. The van der Waals surface area contributed by atoms with Gasteiger partial charge in [0.1, 0.15) is 0 Å². The lowest BCUT2D eigenvalue weighted by molar-refractivity contribution is -0.384. The number of anilines is 1. The van der Waals surface area contributed by atoms with Gasteiger partial charge in [0.25, 0.3) is 5.69 Å². The van der Waals surface area contributed by atoms with Crippen LogP contribution in [-0.2, 0) is 0 Å². The summed E-state index contributed by atoms with van der Waals surface area (Å²) in [6, 6.07) is 4.76. The van der Waals surface area contributed by atoms with E-state index in [4.69, 9.17) is 5.11 Å². The average Bonchev–Trinajstić information content (AvgIpc) is 2.13. The maximum Gasteiger partial charge on any atom is 0.270 e. The maximum absolute atomic E-state index is 10.5. The molecule has 0 atom stereocenters. The third-order valence-corrected chi connectivity index (χ3v) is 3.21. The maximum atomic E-state index is 10.5. The van der Waals surface area contributed by atoms with E-state index in [-0.39, 0.29) is 11.8 Å². The molecule has 0 saturated carbocycles. The molecule has 1 aliphatic heterocycles. The van der Waals surface area contributed by atoms with Crippen LogP contribution in [0, 0.1) is 13.7 Å². The van der Waals surface area contributed by atoms with Crippen molar-refractivity contribution in [2.24, 2.45) is 0 Å². The van der Waals surface area contributed by atoms with Gasteiger partial charge in [-0.15, -0.1) is 0 Å². The quantitative estimate of drug-likeness (QED) is 0.508. The molecule has 1 aliphatic rings. The first-order chi connectivity index (χ1) is 7.08. The standard InChI is InChI=1S/C9H9IN2O3/c10-8-3-6(12(14)15)1-2-9(8)11-4-7(13)5-11/h1-3,7,13H,4-5H2. The Morgan fingerprint density at radius 2 is 2.20 bits per heavy atom. The zero-order valence-electron chi connectivity index (χ0n) is 7.76. The molecule has 1 saturated heterocycles. The van der Waals surface area contributed by atoms with Gasteiger partial charge in [-0.25, -0.2) is 0 Å². The Kier molecular flexibility index (Phi) is 2.79. The van der Waals surface area contributed by atoms with Crippen LogP contribution >= 0.6 is 22.6 Å². The minimum Gasteiger partial charge on any atom is -0.389 e. The van der Waals surface area contributed by atoms with Crippen LogP contribution in [0.25, 0.3) is 0 Å². The molecule has 0 radical (unpaired) electrons. The lowest BCUT2D eigenvalue weighted by Crippen LogP contribution is -2.51. The summed E-state index contributed by atoms with van der Waals surface area (Å²) >= 11 is 2.07. The molecule has 0 bridgehead atoms. The largest absolute Gasteiger partial charge is 0.389 e. The molecule has 0 spiro atoms. The Bertz CT molecular complexity index is 404. The van der Waals surface area contributed by atoms with Gasteiger partial charge in [0.15, 0.2) is 0 Å². The molecule has 1 aromatic rings. The number of non-ortho nitro benzene ring substituents is 1. The molecule has 6 heteroatoms. The highest BCUT2D eigenvalue weighted by Crippen LogP contribution is 2.29. The molecule has 0 amide bonds. The first-order valence-corrected chi connectivity index (χ1v) is 5.53. The van der Waals surface area contributed by atoms with E-state index in [0.29, 0.717) is 13.1 Å². The van der Waals surface area contributed by atoms with Crippen molar-refractivity contribution in [3.63, 3.8) is 0 Å². The fraction of sp³-hybridized carbons (Fsp3) is 0.333. The summed E-state index contributed by atoms with van der Waals surface area (Å²) in [4.78, 5) is 12.1. The Hall–Kier alpha value is -0.890. The van der Waals surface area contributed by atoms with Crippen molar-refractivity contribution in [3.05, 3.63) is 31.9 Å². The van der Waals surface area contributed by atoms with Crippen LogP contribution in [-0.4, -0.2) is 29.2 Å². The molecule has 1 fully saturated rings. The molecule has 15 heavy (non-hydrogen) atoms. The molecule has 1 aromatic carbocycles. The molecular weight excluding hydrogens is 311 g/mol. The Balaban J connectivity index is 2.23. The van der Waals surface area contributed by atoms with Gasteiger partial charge in [0.05, 0.1) is 16.7 Å². The van der Waals surface area contributed by atoms with Crippen molar-refractivity contribution in [3.8, 4) is 0 Å². The van der Waals surface area contributed by atoms with Crippen LogP contribution in [0.3, 0.4) is 0 Å². The van der Waals surface area contributed by atoms with Crippen LogP contribution in [0.1, 0.15) is 0 Å². The second-order valence-electron chi connectivity index (χ2n) is 3.45. The molecule has 1 N–H and O–H groups in total. The van der Waals surface area contributed by atoms with E-state index in [1.165, 1.54) is 6.07 Å². The highest BCUT2D eigenvalue weighted by Gasteiger charge is 2.26. The number of aliphatic hydroxyl groups is 1. The summed E-state index contributed by atoms with van der Waals surface area (Å²) in [5.74, 6) is 0. The van der Waals surface area contributed by atoms with Gasteiger partial charge < -0.3 is 10.0 Å². The van der Waals surface area contributed by atoms with Crippen LogP contribution in [0.5, 0.6) is 0 Å². The minimum absolute atomic E-state index is 0.101. The van der Waals surface area contributed by atoms with Crippen molar-refractivity contribution >= 4 is 34.0 Å². The minimum atomic E-state index is -0.406. The number of rotatable bonds is 2. The van der Waals surface area contributed by atoms with Gasteiger partial charge in [-0.2, -0.15) is 0 Å². The summed E-state index contributed by atoms with van der Waals surface area (Å²) in [7, 11) is 0. The van der Waals surface area contributed by atoms with E-state index in [2.05, 4.69) is 22.6 Å². The van der Waals surface area contributed by atoms with Crippen molar-refractivity contribution in [1.29, 1.82) is 0 Å². The van der Waals surface area contributed by atoms with Crippen LogP contribution in [0.2, 0.25) is 0 Å². The van der Waals surface area contributed by atoms with Crippen LogP contribution in [0.15, 0.2) is 18.2 Å². The topological polar surface area (TPSA) is 66.6 Å². The number of aliphatic hydroxyl groups excluding tert-OH is 1. The van der Waals surface area contributed by atoms with Crippen LogP contribution < -0.4 is 4.90 Å². The van der Waals surface area contributed by atoms with Gasteiger partial charge in [-0.3, -0.25) is 10.1 Å². The summed E-state index contributed by atoms with van der Waals surface area (Å²) < 4.78 is 0.841. The van der Waals surface area contributed by atoms with Crippen LogP contribution in [0.4, 0.5) is 11.4 Å². The molecule has 80 valence electrons. The number of halogens is 1. The molecular formula is C9H9IN2O3. The number of hydrogen-bond donors (Lipinski definition) is 1. The first-order valence-electron chi connectivity index (χ1n) is 4.45. The van der Waals surface area contributed by atoms with E-state index < -0.39 is 4.92 Å². The van der Waals surface area contributed by atoms with E-state index in [1.54, 1.807) is 12.1 Å². The fourth-order valence-corrected chi connectivity index (χ4v) is 2.36. The third kappa shape index (κ3) is 2.05. The number of nitrogens with zero attached hydrogens (tertiary/aromatic N) is 2. The second kappa shape index (κ2) is 3.93. The van der Waals surface area contributed by atoms with Crippen molar-refractivity contribution in [2.45, 2.75) is 6.10 Å². The number of β-amino-alcohol motifs (C(OH)–C–C–N with tert-alkyl or cyclic N) is 1. The number of hydrogen-bond acceptors (Lipinski definition) is 4. The molecule has 0 unspecified atom stereocenters.